The molecule has 0 saturated carbocycles. The molecule has 202 valence electrons. The van der Waals surface area contributed by atoms with Crippen molar-refractivity contribution in [1.82, 2.24) is 15.5 Å². The van der Waals surface area contributed by atoms with Crippen molar-refractivity contribution in [1.29, 1.82) is 5.26 Å². The minimum atomic E-state index is -1.13. The molecule has 0 radical (unpaired) electrons. The first kappa shape index (κ1) is 30.1. The van der Waals surface area contributed by atoms with Crippen LogP contribution in [0.5, 0.6) is 0 Å². The number of hydrogen-bond donors (Lipinski definition) is 2. The van der Waals surface area contributed by atoms with Crippen LogP contribution in [0.15, 0.2) is 61.2 Å². The monoisotopic (exact) mass is 518 g/mol. The van der Waals surface area contributed by atoms with E-state index in [1.165, 1.54) is 4.90 Å². The molecule has 2 atom stereocenters. The summed E-state index contributed by atoms with van der Waals surface area (Å²) in [5.74, 6) is -1.03. The van der Waals surface area contributed by atoms with Gasteiger partial charge in [-0.3, -0.25) is 9.59 Å². The molecule has 0 aliphatic rings. The van der Waals surface area contributed by atoms with Crippen LogP contribution in [0.2, 0.25) is 0 Å². The Kier molecular flexibility index (Phi) is 10.2. The number of rotatable bonds is 9. The van der Waals surface area contributed by atoms with Gasteiger partial charge in [0.15, 0.2) is 0 Å². The van der Waals surface area contributed by atoms with Crippen LogP contribution in [0, 0.1) is 11.3 Å². The summed E-state index contributed by atoms with van der Waals surface area (Å²) in [6.07, 6.45) is 1.01. The average Bonchev–Trinajstić information content (AvgIpc) is 2.81. The van der Waals surface area contributed by atoms with Gasteiger partial charge in [-0.2, -0.15) is 5.26 Å². The molecule has 2 aromatic carbocycles. The Hall–Kier alpha value is -4.12. The highest BCUT2D eigenvalue weighted by molar-refractivity contribution is 5.92. The van der Waals surface area contributed by atoms with Gasteiger partial charge in [0.2, 0.25) is 11.8 Å². The maximum atomic E-state index is 14.1. The lowest BCUT2D eigenvalue weighted by molar-refractivity contribution is -0.142. The third-order valence-electron chi connectivity index (χ3n) is 5.32. The second-order valence-corrected chi connectivity index (χ2v) is 11.0. The molecule has 8 heteroatoms. The van der Waals surface area contributed by atoms with E-state index in [2.05, 4.69) is 17.2 Å². The topological polar surface area (TPSA) is 112 Å². The van der Waals surface area contributed by atoms with Crippen LogP contribution in [0.25, 0.3) is 6.08 Å². The number of nitriles is 1. The molecule has 0 saturated heterocycles. The summed E-state index contributed by atoms with van der Waals surface area (Å²) >= 11 is 0. The quantitative estimate of drug-likeness (QED) is 0.465. The molecular formula is C30H38N4O4. The maximum Gasteiger partial charge on any atom is 0.408 e. The van der Waals surface area contributed by atoms with Crippen molar-refractivity contribution < 1.29 is 19.1 Å². The van der Waals surface area contributed by atoms with Gasteiger partial charge >= 0.3 is 6.09 Å². The minimum Gasteiger partial charge on any atom is -0.444 e. The molecule has 0 aliphatic carbocycles. The molecule has 0 aromatic heterocycles. The van der Waals surface area contributed by atoms with E-state index >= 15 is 0 Å². The van der Waals surface area contributed by atoms with Gasteiger partial charge in [-0.1, -0.05) is 61.2 Å². The first-order chi connectivity index (χ1) is 17.7. The fourth-order valence-corrected chi connectivity index (χ4v) is 3.84. The van der Waals surface area contributed by atoms with E-state index in [0.717, 1.165) is 11.1 Å². The van der Waals surface area contributed by atoms with Crippen molar-refractivity contribution in [2.24, 2.45) is 0 Å². The molecular weight excluding hydrogens is 480 g/mol. The maximum absolute atomic E-state index is 14.1. The minimum absolute atomic E-state index is 0.140. The zero-order valence-corrected chi connectivity index (χ0v) is 23.1. The van der Waals surface area contributed by atoms with Gasteiger partial charge in [0.05, 0.1) is 6.07 Å². The molecule has 0 bridgehead atoms. The molecule has 0 heterocycles. The van der Waals surface area contributed by atoms with Crippen LogP contribution in [-0.2, 0) is 20.7 Å². The lowest BCUT2D eigenvalue weighted by atomic mass is 9.98. The summed E-state index contributed by atoms with van der Waals surface area (Å²) in [6.45, 7) is 14.1. The van der Waals surface area contributed by atoms with Crippen molar-refractivity contribution in [2.45, 2.75) is 71.2 Å². The van der Waals surface area contributed by atoms with Crippen LogP contribution in [-0.4, -0.2) is 46.5 Å². The first-order valence-corrected chi connectivity index (χ1v) is 12.5. The van der Waals surface area contributed by atoms with Crippen LogP contribution in [0.3, 0.4) is 0 Å². The molecule has 8 nitrogen and oxygen atoms in total. The number of carbonyl (C=O) groups excluding carboxylic acids is 3. The summed E-state index contributed by atoms with van der Waals surface area (Å²) < 4.78 is 5.41. The van der Waals surface area contributed by atoms with E-state index in [1.54, 1.807) is 45.0 Å². The standard InChI is InChI=1S/C30H38N4O4/c1-8-21-15-12-16-23(19-21)25(26(35)33-29(2,3)4)34(18-17-31)27(36)24(20-22-13-10-9-11-14-22)32-28(37)38-30(5,6)7/h8-16,19,24-25H,1,18,20H2,2-7H3,(H,32,37)(H,33,35). The molecule has 3 amide bonds. The highest BCUT2D eigenvalue weighted by Gasteiger charge is 2.37. The summed E-state index contributed by atoms with van der Waals surface area (Å²) in [4.78, 5) is 41.6. The van der Waals surface area contributed by atoms with Gasteiger partial charge in [-0.15, -0.1) is 0 Å². The number of nitrogens with zero attached hydrogens (tertiary/aromatic N) is 2. The number of ether oxygens (including phenoxy) is 1. The van der Waals surface area contributed by atoms with Crippen LogP contribution in [0.1, 0.15) is 64.3 Å². The summed E-state index contributed by atoms with van der Waals surface area (Å²) in [7, 11) is 0. The van der Waals surface area contributed by atoms with E-state index in [4.69, 9.17) is 4.74 Å². The Morgan fingerprint density at radius 3 is 2.26 bits per heavy atom. The van der Waals surface area contributed by atoms with Gasteiger partial charge in [-0.25, -0.2) is 4.79 Å². The van der Waals surface area contributed by atoms with Crippen molar-refractivity contribution in [3.63, 3.8) is 0 Å². The lowest BCUT2D eigenvalue weighted by Crippen LogP contribution is -2.55. The van der Waals surface area contributed by atoms with Crippen molar-refractivity contribution in [2.75, 3.05) is 6.54 Å². The molecule has 2 N–H and O–H groups in total. The van der Waals surface area contributed by atoms with E-state index in [0.29, 0.717) is 5.56 Å². The number of alkyl carbamates (subject to hydrolysis) is 1. The Morgan fingerprint density at radius 2 is 1.71 bits per heavy atom. The Bertz CT molecular complexity index is 1170. The molecule has 0 spiro atoms. The zero-order valence-electron chi connectivity index (χ0n) is 23.1. The fraction of sp³-hybridized carbons (Fsp3) is 0.400. The Labute approximate surface area is 225 Å². The largest absolute Gasteiger partial charge is 0.444 e. The molecule has 0 fully saturated rings. The van der Waals surface area contributed by atoms with Crippen LogP contribution < -0.4 is 10.6 Å². The SMILES string of the molecule is C=Cc1cccc(C(C(=O)NC(C)(C)C)N(CC#N)C(=O)C(Cc2ccccc2)NC(=O)OC(C)(C)C)c1. The summed E-state index contributed by atoms with van der Waals surface area (Å²) in [5, 5.41) is 15.3. The summed E-state index contributed by atoms with van der Waals surface area (Å²) in [5.41, 5.74) is 0.696. The zero-order chi connectivity index (χ0) is 28.5. The van der Waals surface area contributed by atoms with Gasteiger partial charge < -0.3 is 20.3 Å². The highest BCUT2D eigenvalue weighted by atomic mass is 16.6. The van der Waals surface area contributed by atoms with Crippen molar-refractivity contribution in [3.05, 3.63) is 77.9 Å². The predicted molar refractivity (Wildman–Crippen MR) is 148 cm³/mol. The van der Waals surface area contributed by atoms with Gasteiger partial charge in [-0.05, 0) is 64.3 Å². The first-order valence-electron chi connectivity index (χ1n) is 12.5. The second kappa shape index (κ2) is 12.9. The second-order valence-electron chi connectivity index (χ2n) is 11.0. The number of nitrogens with one attached hydrogen (secondary N) is 2. The number of benzene rings is 2. The molecule has 38 heavy (non-hydrogen) atoms. The normalized spacial score (nSPS) is 12.9. The van der Waals surface area contributed by atoms with E-state index < -0.39 is 41.1 Å². The van der Waals surface area contributed by atoms with E-state index in [1.807, 2.05) is 63.2 Å². The number of hydrogen-bond acceptors (Lipinski definition) is 5. The van der Waals surface area contributed by atoms with Gasteiger partial charge in [0.1, 0.15) is 24.2 Å². The smallest absolute Gasteiger partial charge is 0.408 e. The van der Waals surface area contributed by atoms with E-state index in [-0.39, 0.29) is 13.0 Å². The third kappa shape index (κ3) is 9.40. The molecule has 2 aromatic rings. The fourth-order valence-electron chi connectivity index (χ4n) is 3.84. The lowest BCUT2D eigenvalue weighted by Gasteiger charge is -2.34. The Balaban J connectivity index is 2.57. The van der Waals surface area contributed by atoms with Gasteiger partial charge in [0.25, 0.3) is 0 Å². The van der Waals surface area contributed by atoms with Gasteiger partial charge in [0, 0.05) is 12.0 Å². The number of amides is 3. The van der Waals surface area contributed by atoms with Crippen LogP contribution in [0.4, 0.5) is 4.79 Å². The predicted octanol–water partition coefficient (Wildman–Crippen LogP) is 4.77. The van der Waals surface area contributed by atoms with E-state index in [9.17, 15) is 19.6 Å². The average molecular weight is 519 g/mol. The summed E-state index contributed by atoms with van der Waals surface area (Å²) in [6, 6.07) is 16.1. The third-order valence-corrected chi connectivity index (χ3v) is 5.32. The molecule has 2 rings (SSSR count). The van der Waals surface area contributed by atoms with Crippen molar-refractivity contribution >= 4 is 24.0 Å². The molecule has 0 aliphatic heterocycles. The Morgan fingerprint density at radius 1 is 1.05 bits per heavy atom. The number of carbonyl (C=O) groups is 3. The highest BCUT2D eigenvalue weighted by Crippen LogP contribution is 2.25. The van der Waals surface area contributed by atoms with Crippen molar-refractivity contribution in [3.8, 4) is 6.07 Å². The molecule has 2 unspecified atom stereocenters. The van der Waals surface area contributed by atoms with Crippen LogP contribution >= 0.6 is 0 Å².